The highest BCUT2D eigenvalue weighted by atomic mass is 16.3. The van der Waals surface area contributed by atoms with Crippen LogP contribution in [0.2, 0.25) is 0 Å². The molecule has 3 rings (SSSR count). The number of nitrogens with zero attached hydrogens (tertiary/aromatic N) is 2. The van der Waals surface area contributed by atoms with Crippen LogP contribution in [0.3, 0.4) is 0 Å². The SMILES string of the molecule is Cc1cc(C(=O)N[C@@H]2CCC[C@H]2O)nn1C(C)C1CC1. The van der Waals surface area contributed by atoms with Crippen LogP contribution in [0.15, 0.2) is 6.07 Å². The van der Waals surface area contributed by atoms with Crippen molar-refractivity contribution in [3.8, 4) is 0 Å². The van der Waals surface area contributed by atoms with E-state index in [0.29, 0.717) is 17.7 Å². The summed E-state index contributed by atoms with van der Waals surface area (Å²) < 4.78 is 1.97. The number of aryl methyl sites for hydroxylation is 1. The maximum atomic E-state index is 12.2. The van der Waals surface area contributed by atoms with Crippen molar-refractivity contribution in [1.82, 2.24) is 15.1 Å². The second kappa shape index (κ2) is 5.20. The average molecular weight is 277 g/mol. The molecule has 1 aromatic heterocycles. The lowest BCUT2D eigenvalue weighted by Crippen LogP contribution is -2.40. The number of aliphatic hydroxyl groups is 1. The highest BCUT2D eigenvalue weighted by Crippen LogP contribution is 2.39. The number of aliphatic hydroxyl groups excluding tert-OH is 1. The number of aromatic nitrogens is 2. The largest absolute Gasteiger partial charge is 0.391 e. The van der Waals surface area contributed by atoms with E-state index in [1.165, 1.54) is 12.8 Å². The molecule has 5 heteroatoms. The maximum absolute atomic E-state index is 12.2. The summed E-state index contributed by atoms with van der Waals surface area (Å²) in [4.78, 5) is 12.2. The summed E-state index contributed by atoms with van der Waals surface area (Å²) in [6, 6.07) is 2.10. The number of carbonyl (C=O) groups is 1. The smallest absolute Gasteiger partial charge is 0.272 e. The van der Waals surface area contributed by atoms with Gasteiger partial charge in [-0.25, -0.2) is 0 Å². The van der Waals surface area contributed by atoms with Crippen LogP contribution in [0.1, 0.15) is 61.3 Å². The number of hydrogen-bond acceptors (Lipinski definition) is 3. The fourth-order valence-corrected chi connectivity index (χ4v) is 3.14. The van der Waals surface area contributed by atoms with Crippen LogP contribution < -0.4 is 5.32 Å². The zero-order chi connectivity index (χ0) is 14.3. The van der Waals surface area contributed by atoms with Crippen LogP contribution in [0, 0.1) is 12.8 Å². The Kier molecular flexibility index (Phi) is 3.54. The first-order valence-corrected chi connectivity index (χ1v) is 7.61. The van der Waals surface area contributed by atoms with E-state index in [1.54, 1.807) is 0 Å². The third-order valence-corrected chi connectivity index (χ3v) is 4.64. The highest BCUT2D eigenvalue weighted by Gasteiger charge is 2.32. The van der Waals surface area contributed by atoms with Gasteiger partial charge in [-0.05, 0) is 57.9 Å². The quantitative estimate of drug-likeness (QED) is 0.882. The van der Waals surface area contributed by atoms with Crippen LogP contribution in [0.5, 0.6) is 0 Å². The van der Waals surface area contributed by atoms with Gasteiger partial charge in [-0.2, -0.15) is 5.10 Å². The lowest BCUT2D eigenvalue weighted by Gasteiger charge is -2.15. The molecular weight excluding hydrogens is 254 g/mol. The topological polar surface area (TPSA) is 67.2 Å². The summed E-state index contributed by atoms with van der Waals surface area (Å²) >= 11 is 0. The molecule has 1 amide bonds. The van der Waals surface area contributed by atoms with Crippen LogP contribution in [0.4, 0.5) is 0 Å². The van der Waals surface area contributed by atoms with Gasteiger partial charge in [-0.3, -0.25) is 9.48 Å². The van der Waals surface area contributed by atoms with Crippen LogP contribution in [0.25, 0.3) is 0 Å². The first-order chi connectivity index (χ1) is 9.56. The molecule has 0 spiro atoms. The maximum Gasteiger partial charge on any atom is 0.272 e. The molecule has 2 fully saturated rings. The molecule has 0 radical (unpaired) electrons. The molecule has 1 heterocycles. The van der Waals surface area contributed by atoms with Crippen molar-refractivity contribution in [2.75, 3.05) is 0 Å². The molecule has 0 aromatic carbocycles. The lowest BCUT2D eigenvalue weighted by atomic mass is 10.2. The van der Waals surface area contributed by atoms with Crippen molar-refractivity contribution in [2.24, 2.45) is 5.92 Å². The van der Waals surface area contributed by atoms with E-state index in [2.05, 4.69) is 17.3 Å². The van der Waals surface area contributed by atoms with Gasteiger partial charge in [0.2, 0.25) is 0 Å². The third-order valence-electron chi connectivity index (χ3n) is 4.64. The lowest BCUT2D eigenvalue weighted by molar-refractivity contribution is 0.0867. The minimum Gasteiger partial charge on any atom is -0.391 e. The standard InChI is InChI=1S/C15H23N3O2/c1-9-8-13(17-18(9)10(2)11-6-7-11)15(20)16-12-4-3-5-14(12)19/h8,10-12,14,19H,3-7H2,1-2H3,(H,16,20)/t10?,12-,14-/m1/s1. The Balaban J connectivity index is 1.70. The number of rotatable bonds is 4. The second-order valence-corrected chi connectivity index (χ2v) is 6.27. The van der Waals surface area contributed by atoms with Crippen molar-refractivity contribution >= 4 is 5.91 Å². The molecule has 3 atom stereocenters. The number of amides is 1. The Labute approximate surface area is 119 Å². The molecular formula is C15H23N3O2. The molecule has 2 saturated carbocycles. The van der Waals surface area contributed by atoms with Gasteiger partial charge in [0.15, 0.2) is 0 Å². The summed E-state index contributed by atoms with van der Waals surface area (Å²) in [6.45, 7) is 4.16. The third kappa shape index (κ3) is 2.59. The van der Waals surface area contributed by atoms with E-state index in [0.717, 1.165) is 25.0 Å². The normalized spacial score (nSPS) is 27.6. The Hall–Kier alpha value is -1.36. The van der Waals surface area contributed by atoms with E-state index in [-0.39, 0.29) is 11.9 Å². The first-order valence-electron chi connectivity index (χ1n) is 7.61. The van der Waals surface area contributed by atoms with E-state index in [9.17, 15) is 9.90 Å². The van der Waals surface area contributed by atoms with E-state index < -0.39 is 6.10 Å². The monoisotopic (exact) mass is 277 g/mol. The van der Waals surface area contributed by atoms with Gasteiger partial charge in [-0.1, -0.05) is 0 Å². The number of nitrogens with one attached hydrogen (secondary N) is 1. The molecule has 2 aliphatic rings. The minimum absolute atomic E-state index is 0.117. The first kappa shape index (κ1) is 13.6. The summed E-state index contributed by atoms with van der Waals surface area (Å²) in [5, 5.41) is 17.1. The minimum atomic E-state index is -0.410. The molecule has 5 nitrogen and oxygen atoms in total. The molecule has 1 aromatic rings. The van der Waals surface area contributed by atoms with Crippen molar-refractivity contribution in [2.45, 2.75) is 64.1 Å². The molecule has 2 N–H and O–H groups in total. The molecule has 0 saturated heterocycles. The van der Waals surface area contributed by atoms with Gasteiger partial charge < -0.3 is 10.4 Å². The fourth-order valence-electron chi connectivity index (χ4n) is 3.14. The van der Waals surface area contributed by atoms with Gasteiger partial charge in [0.25, 0.3) is 5.91 Å². The average Bonchev–Trinajstić information content (AvgIpc) is 3.09. The van der Waals surface area contributed by atoms with Crippen LogP contribution in [-0.4, -0.2) is 32.9 Å². The number of hydrogen-bond donors (Lipinski definition) is 2. The Morgan fingerprint density at radius 2 is 2.20 bits per heavy atom. The van der Waals surface area contributed by atoms with Gasteiger partial charge in [0, 0.05) is 5.69 Å². The van der Waals surface area contributed by atoms with E-state index in [4.69, 9.17) is 0 Å². The molecule has 20 heavy (non-hydrogen) atoms. The zero-order valence-corrected chi connectivity index (χ0v) is 12.2. The summed E-state index contributed by atoms with van der Waals surface area (Å²) in [6.07, 6.45) is 4.71. The molecule has 2 aliphatic carbocycles. The Bertz CT molecular complexity index is 507. The summed E-state index contributed by atoms with van der Waals surface area (Å²) in [5.74, 6) is 0.543. The van der Waals surface area contributed by atoms with Crippen LogP contribution >= 0.6 is 0 Å². The predicted molar refractivity (Wildman–Crippen MR) is 75.5 cm³/mol. The Morgan fingerprint density at radius 1 is 1.45 bits per heavy atom. The zero-order valence-electron chi connectivity index (χ0n) is 12.2. The van der Waals surface area contributed by atoms with Crippen LogP contribution in [-0.2, 0) is 0 Å². The van der Waals surface area contributed by atoms with Crippen molar-refractivity contribution in [3.05, 3.63) is 17.5 Å². The van der Waals surface area contributed by atoms with Gasteiger partial charge in [-0.15, -0.1) is 0 Å². The molecule has 0 bridgehead atoms. The van der Waals surface area contributed by atoms with Crippen molar-refractivity contribution in [3.63, 3.8) is 0 Å². The van der Waals surface area contributed by atoms with Gasteiger partial charge in [0.05, 0.1) is 18.2 Å². The van der Waals surface area contributed by atoms with E-state index in [1.807, 2.05) is 17.7 Å². The predicted octanol–water partition coefficient (Wildman–Crippen LogP) is 1.81. The Morgan fingerprint density at radius 3 is 2.80 bits per heavy atom. The second-order valence-electron chi connectivity index (χ2n) is 6.27. The molecule has 110 valence electrons. The van der Waals surface area contributed by atoms with Crippen molar-refractivity contribution in [1.29, 1.82) is 0 Å². The molecule has 1 unspecified atom stereocenters. The number of carbonyl (C=O) groups excluding carboxylic acids is 1. The van der Waals surface area contributed by atoms with E-state index >= 15 is 0 Å². The van der Waals surface area contributed by atoms with Gasteiger partial charge in [0.1, 0.15) is 5.69 Å². The van der Waals surface area contributed by atoms with Gasteiger partial charge >= 0.3 is 0 Å². The van der Waals surface area contributed by atoms with Crippen molar-refractivity contribution < 1.29 is 9.90 Å². The fraction of sp³-hybridized carbons (Fsp3) is 0.733. The summed E-state index contributed by atoms with van der Waals surface area (Å²) in [7, 11) is 0. The molecule has 0 aliphatic heterocycles. The summed E-state index contributed by atoms with van der Waals surface area (Å²) in [5.41, 5.74) is 1.50. The highest BCUT2D eigenvalue weighted by molar-refractivity contribution is 5.92.